The first-order valence-electron chi connectivity index (χ1n) is 5.55. The summed E-state index contributed by atoms with van der Waals surface area (Å²) in [6.45, 7) is 2.14. The van der Waals surface area contributed by atoms with Gasteiger partial charge in [-0.3, -0.25) is 4.79 Å². The molecule has 1 heterocycles. The summed E-state index contributed by atoms with van der Waals surface area (Å²) >= 11 is 0. The lowest BCUT2D eigenvalue weighted by atomic mass is 10.3. The van der Waals surface area contributed by atoms with Crippen molar-refractivity contribution in [1.82, 2.24) is 15.3 Å². The summed E-state index contributed by atoms with van der Waals surface area (Å²) in [5, 5.41) is 5.80. The number of hydrogen-bond donors (Lipinski definition) is 2. The number of carbonyl (C=O) groups excluding carboxylic acids is 1. The van der Waals surface area contributed by atoms with Gasteiger partial charge in [0.05, 0.1) is 12.4 Å². The molecule has 2 unspecified atom stereocenters. The van der Waals surface area contributed by atoms with Crippen LogP contribution in [0.4, 0.5) is 5.82 Å². The first-order chi connectivity index (χ1) is 7.74. The van der Waals surface area contributed by atoms with Crippen LogP contribution >= 0.6 is 0 Å². The number of amides is 1. The second-order valence-electron chi connectivity index (χ2n) is 4.02. The molecule has 0 radical (unpaired) electrons. The fourth-order valence-corrected chi connectivity index (χ4v) is 1.69. The first kappa shape index (κ1) is 10.9. The average Bonchev–Trinajstić information content (AvgIpc) is 3.07. The van der Waals surface area contributed by atoms with Crippen molar-refractivity contribution in [3.05, 3.63) is 18.1 Å². The Kier molecular flexibility index (Phi) is 3.03. The second-order valence-corrected chi connectivity index (χ2v) is 4.02. The van der Waals surface area contributed by atoms with Crippen LogP contribution in [-0.4, -0.2) is 29.0 Å². The number of rotatable bonds is 4. The first-order valence-corrected chi connectivity index (χ1v) is 5.55. The Bertz CT molecular complexity index is 376. The normalized spacial score (nSPS) is 22.6. The van der Waals surface area contributed by atoms with E-state index >= 15 is 0 Å². The van der Waals surface area contributed by atoms with Gasteiger partial charge >= 0.3 is 0 Å². The van der Waals surface area contributed by atoms with E-state index in [0.29, 0.717) is 23.5 Å². The molecule has 2 rings (SSSR count). The molecule has 0 saturated heterocycles. The van der Waals surface area contributed by atoms with E-state index in [2.05, 4.69) is 27.5 Å². The lowest BCUT2D eigenvalue weighted by molar-refractivity contribution is 0.0943. The predicted molar refractivity (Wildman–Crippen MR) is 61.2 cm³/mol. The van der Waals surface area contributed by atoms with Gasteiger partial charge in [-0.05, 0) is 12.3 Å². The van der Waals surface area contributed by atoms with E-state index in [1.165, 1.54) is 6.20 Å². The monoisotopic (exact) mass is 220 g/mol. The highest BCUT2D eigenvalue weighted by atomic mass is 16.2. The fraction of sp³-hybridized carbons (Fsp3) is 0.545. The smallest absolute Gasteiger partial charge is 0.271 e. The van der Waals surface area contributed by atoms with E-state index < -0.39 is 0 Å². The molecule has 0 aromatic carbocycles. The molecule has 1 saturated carbocycles. The van der Waals surface area contributed by atoms with Crippen LogP contribution in [0.2, 0.25) is 0 Å². The van der Waals surface area contributed by atoms with Crippen LogP contribution in [0.3, 0.4) is 0 Å². The maximum absolute atomic E-state index is 11.7. The molecule has 1 fully saturated rings. The molecule has 5 nitrogen and oxygen atoms in total. The number of hydrogen-bond acceptors (Lipinski definition) is 4. The average molecular weight is 220 g/mol. The highest BCUT2D eigenvalue weighted by Crippen LogP contribution is 2.33. The Morgan fingerprint density at radius 2 is 2.31 bits per heavy atom. The molecule has 0 bridgehead atoms. The molecule has 2 atom stereocenters. The largest absolute Gasteiger partial charge is 0.372 e. The van der Waals surface area contributed by atoms with Crippen molar-refractivity contribution in [2.24, 2.45) is 5.92 Å². The van der Waals surface area contributed by atoms with Gasteiger partial charge in [0, 0.05) is 13.1 Å². The van der Waals surface area contributed by atoms with Crippen molar-refractivity contribution in [2.75, 3.05) is 12.4 Å². The minimum atomic E-state index is -0.129. The number of anilines is 1. The highest BCUT2D eigenvalue weighted by molar-refractivity contribution is 5.92. The van der Waals surface area contributed by atoms with Gasteiger partial charge < -0.3 is 10.6 Å². The van der Waals surface area contributed by atoms with Crippen molar-refractivity contribution in [2.45, 2.75) is 25.8 Å². The molecule has 0 aliphatic heterocycles. The summed E-state index contributed by atoms with van der Waals surface area (Å²) in [6, 6.07) is 0.336. The van der Waals surface area contributed by atoms with Crippen molar-refractivity contribution in [3.8, 4) is 0 Å². The number of aromatic nitrogens is 2. The van der Waals surface area contributed by atoms with Crippen LogP contribution in [0.5, 0.6) is 0 Å². The summed E-state index contributed by atoms with van der Waals surface area (Å²) in [5.74, 6) is 1.18. The van der Waals surface area contributed by atoms with Crippen LogP contribution in [0, 0.1) is 5.92 Å². The Balaban J connectivity index is 1.93. The zero-order valence-corrected chi connectivity index (χ0v) is 9.53. The second kappa shape index (κ2) is 4.47. The Morgan fingerprint density at radius 1 is 1.50 bits per heavy atom. The topological polar surface area (TPSA) is 66.9 Å². The maximum atomic E-state index is 11.7. The van der Waals surface area contributed by atoms with E-state index in [1.54, 1.807) is 13.2 Å². The molecule has 1 aromatic rings. The van der Waals surface area contributed by atoms with Crippen LogP contribution in [-0.2, 0) is 0 Å². The van der Waals surface area contributed by atoms with Crippen molar-refractivity contribution >= 4 is 11.7 Å². The van der Waals surface area contributed by atoms with Crippen molar-refractivity contribution in [3.63, 3.8) is 0 Å². The van der Waals surface area contributed by atoms with E-state index in [0.717, 1.165) is 12.8 Å². The van der Waals surface area contributed by atoms with E-state index in [1.807, 2.05) is 0 Å². The zero-order chi connectivity index (χ0) is 11.5. The Hall–Kier alpha value is -1.65. The minimum absolute atomic E-state index is 0.129. The molecular weight excluding hydrogens is 204 g/mol. The Labute approximate surface area is 94.7 Å². The summed E-state index contributed by atoms with van der Waals surface area (Å²) in [5.41, 5.74) is 0.376. The lowest BCUT2D eigenvalue weighted by Crippen LogP contribution is -2.27. The van der Waals surface area contributed by atoms with Gasteiger partial charge in [0.25, 0.3) is 5.91 Å². The van der Waals surface area contributed by atoms with Gasteiger partial charge in [0.2, 0.25) is 0 Å². The van der Waals surface area contributed by atoms with Gasteiger partial charge in [0.1, 0.15) is 11.5 Å². The molecule has 1 aromatic heterocycles. The SMILES string of the molecule is CCC1CC1NC(=O)c1cnc(NC)cn1. The third kappa shape index (κ3) is 2.29. The predicted octanol–water partition coefficient (Wildman–Crippen LogP) is 1.05. The summed E-state index contributed by atoms with van der Waals surface area (Å²) in [6.07, 6.45) is 5.25. The molecule has 5 heteroatoms. The summed E-state index contributed by atoms with van der Waals surface area (Å²) < 4.78 is 0. The Morgan fingerprint density at radius 3 is 2.81 bits per heavy atom. The van der Waals surface area contributed by atoms with Gasteiger partial charge in [-0.1, -0.05) is 13.3 Å². The number of nitrogens with one attached hydrogen (secondary N) is 2. The summed E-state index contributed by atoms with van der Waals surface area (Å²) in [7, 11) is 1.76. The van der Waals surface area contributed by atoms with Crippen LogP contribution in [0.1, 0.15) is 30.3 Å². The van der Waals surface area contributed by atoms with Crippen molar-refractivity contribution in [1.29, 1.82) is 0 Å². The third-order valence-electron chi connectivity index (χ3n) is 2.90. The van der Waals surface area contributed by atoms with Crippen LogP contribution in [0.25, 0.3) is 0 Å². The summed E-state index contributed by atoms with van der Waals surface area (Å²) in [4.78, 5) is 19.8. The minimum Gasteiger partial charge on any atom is -0.372 e. The van der Waals surface area contributed by atoms with Gasteiger partial charge in [-0.15, -0.1) is 0 Å². The number of nitrogens with zero attached hydrogens (tertiary/aromatic N) is 2. The lowest BCUT2D eigenvalue weighted by Gasteiger charge is -2.03. The molecule has 86 valence electrons. The quantitative estimate of drug-likeness (QED) is 0.795. The van der Waals surface area contributed by atoms with Crippen LogP contribution < -0.4 is 10.6 Å². The van der Waals surface area contributed by atoms with Gasteiger partial charge in [0.15, 0.2) is 0 Å². The molecule has 2 N–H and O–H groups in total. The van der Waals surface area contributed by atoms with Gasteiger partial charge in [-0.2, -0.15) is 0 Å². The van der Waals surface area contributed by atoms with Gasteiger partial charge in [-0.25, -0.2) is 9.97 Å². The molecule has 1 aliphatic rings. The zero-order valence-electron chi connectivity index (χ0n) is 9.53. The van der Waals surface area contributed by atoms with E-state index in [9.17, 15) is 4.79 Å². The van der Waals surface area contributed by atoms with Crippen LogP contribution in [0.15, 0.2) is 12.4 Å². The van der Waals surface area contributed by atoms with Crippen molar-refractivity contribution < 1.29 is 4.79 Å². The fourth-order valence-electron chi connectivity index (χ4n) is 1.69. The molecule has 0 spiro atoms. The maximum Gasteiger partial charge on any atom is 0.271 e. The van der Waals surface area contributed by atoms with E-state index in [-0.39, 0.29) is 5.91 Å². The molecule has 16 heavy (non-hydrogen) atoms. The molecule has 1 aliphatic carbocycles. The number of carbonyl (C=O) groups is 1. The highest BCUT2D eigenvalue weighted by Gasteiger charge is 2.36. The molecule has 1 amide bonds. The standard InChI is InChI=1S/C11H16N4O/c1-3-7-4-8(7)15-11(16)9-5-14-10(12-2)6-13-9/h5-8H,3-4H2,1-2H3,(H,12,14)(H,15,16). The van der Waals surface area contributed by atoms with E-state index in [4.69, 9.17) is 0 Å². The third-order valence-corrected chi connectivity index (χ3v) is 2.90. The molecular formula is C11H16N4O.